The van der Waals surface area contributed by atoms with Crippen LogP contribution in [0.2, 0.25) is 0 Å². The van der Waals surface area contributed by atoms with E-state index < -0.39 is 0 Å². The van der Waals surface area contributed by atoms with Crippen LogP contribution in [0, 0.1) is 5.92 Å². The molecule has 94 valence electrons. The van der Waals surface area contributed by atoms with Crippen molar-refractivity contribution < 1.29 is 9.53 Å². The van der Waals surface area contributed by atoms with Crippen LogP contribution in [0.25, 0.3) is 0 Å². The van der Waals surface area contributed by atoms with Crippen molar-refractivity contribution in [1.82, 2.24) is 5.32 Å². The van der Waals surface area contributed by atoms with Gasteiger partial charge in [0.05, 0.1) is 19.6 Å². The molecule has 1 saturated carbocycles. The molecule has 1 fully saturated rings. The highest BCUT2D eigenvalue weighted by molar-refractivity contribution is 7.10. The molecule has 0 amide bonds. The fourth-order valence-electron chi connectivity index (χ4n) is 2.03. The van der Waals surface area contributed by atoms with Gasteiger partial charge in [-0.2, -0.15) is 0 Å². The van der Waals surface area contributed by atoms with Crippen molar-refractivity contribution in [3.8, 4) is 0 Å². The number of methoxy groups -OCH3 is 1. The number of thiophene rings is 1. The van der Waals surface area contributed by atoms with Gasteiger partial charge < -0.3 is 10.1 Å². The summed E-state index contributed by atoms with van der Waals surface area (Å²) in [5.41, 5.74) is 0. The first-order valence-electron chi connectivity index (χ1n) is 6.07. The Labute approximate surface area is 106 Å². The van der Waals surface area contributed by atoms with E-state index in [4.69, 9.17) is 4.74 Å². The van der Waals surface area contributed by atoms with Gasteiger partial charge in [0.2, 0.25) is 0 Å². The zero-order valence-electron chi connectivity index (χ0n) is 10.3. The molecule has 0 spiro atoms. The fourth-order valence-corrected chi connectivity index (χ4v) is 2.82. The molecule has 1 aliphatic carbocycles. The third-order valence-corrected chi connectivity index (χ3v) is 4.26. The van der Waals surface area contributed by atoms with Crippen molar-refractivity contribution >= 4 is 17.3 Å². The minimum absolute atomic E-state index is 0.0954. The smallest absolute Gasteiger partial charge is 0.307 e. The summed E-state index contributed by atoms with van der Waals surface area (Å²) in [4.78, 5) is 12.6. The first kappa shape index (κ1) is 12.6. The second-order valence-corrected chi connectivity index (χ2v) is 5.62. The maximum absolute atomic E-state index is 11.4. The molecule has 0 aliphatic heterocycles. The molecule has 0 radical (unpaired) electrons. The van der Waals surface area contributed by atoms with E-state index in [2.05, 4.69) is 18.3 Å². The Bertz CT molecular complexity index is 360. The number of nitrogens with one attached hydrogen (secondary N) is 1. The van der Waals surface area contributed by atoms with Gasteiger partial charge in [0, 0.05) is 10.9 Å². The fraction of sp³-hybridized carbons (Fsp3) is 0.615. The number of carbonyl (C=O) groups is 1. The lowest BCUT2D eigenvalue weighted by atomic mass is 10.1. The van der Waals surface area contributed by atoms with E-state index in [1.165, 1.54) is 24.8 Å². The highest BCUT2D eigenvalue weighted by atomic mass is 32.1. The van der Waals surface area contributed by atoms with Crippen LogP contribution in [0.3, 0.4) is 0 Å². The van der Waals surface area contributed by atoms with Gasteiger partial charge in [-0.15, -0.1) is 11.3 Å². The van der Waals surface area contributed by atoms with Gasteiger partial charge in [0.1, 0.15) is 0 Å². The molecule has 2 unspecified atom stereocenters. The topological polar surface area (TPSA) is 38.3 Å². The van der Waals surface area contributed by atoms with Crippen LogP contribution in [0.15, 0.2) is 17.5 Å². The molecule has 0 bridgehead atoms. The van der Waals surface area contributed by atoms with E-state index in [9.17, 15) is 4.79 Å². The van der Waals surface area contributed by atoms with E-state index in [-0.39, 0.29) is 12.0 Å². The van der Waals surface area contributed by atoms with Gasteiger partial charge in [-0.3, -0.25) is 4.79 Å². The molecule has 0 saturated heterocycles. The van der Waals surface area contributed by atoms with Gasteiger partial charge >= 0.3 is 5.97 Å². The minimum Gasteiger partial charge on any atom is -0.469 e. The summed E-state index contributed by atoms with van der Waals surface area (Å²) >= 11 is 1.69. The Balaban J connectivity index is 1.98. The predicted molar refractivity (Wildman–Crippen MR) is 69.0 cm³/mol. The molecule has 3 nitrogen and oxygen atoms in total. The summed E-state index contributed by atoms with van der Waals surface area (Å²) in [6.07, 6.45) is 3.03. The van der Waals surface area contributed by atoms with Crippen molar-refractivity contribution in [1.29, 1.82) is 0 Å². The third kappa shape index (κ3) is 3.54. The van der Waals surface area contributed by atoms with Crippen molar-refractivity contribution in [3.05, 3.63) is 22.4 Å². The second-order valence-electron chi connectivity index (χ2n) is 4.64. The van der Waals surface area contributed by atoms with Crippen molar-refractivity contribution in [2.75, 3.05) is 7.11 Å². The average molecular weight is 253 g/mol. The van der Waals surface area contributed by atoms with Crippen molar-refractivity contribution in [2.45, 2.75) is 38.3 Å². The summed E-state index contributed by atoms with van der Waals surface area (Å²) in [6.45, 7) is 2.20. The predicted octanol–water partition coefficient (Wildman–Crippen LogP) is 2.74. The average Bonchev–Trinajstić information content (AvgIpc) is 3.04. The number of esters is 1. The number of hydrogen-bond donors (Lipinski definition) is 1. The number of rotatable bonds is 6. The Hall–Kier alpha value is -0.870. The van der Waals surface area contributed by atoms with Gasteiger partial charge in [-0.25, -0.2) is 0 Å². The molecule has 1 heterocycles. The summed E-state index contributed by atoms with van der Waals surface area (Å²) < 4.78 is 4.76. The van der Waals surface area contributed by atoms with E-state index in [1.54, 1.807) is 11.3 Å². The summed E-state index contributed by atoms with van der Waals surface area (Å²) in [5, 5.41) is 5.60. The molecular formula is C13H19NO2S. The molecule has 2 rings (SSSR count). The first-order chi connectivity index (χ1) is 8.20. The molecule has 1 aromatic rings. The molecule has 17 heavy (non-hydrogen) atoms. The van der Waals surface area contributed by atoms with Crippen LogP contribution in [0.5, 0.6) is 0 Å². The Morgan fingerprint density at radius 1 is 1.65 bits per heavy atom. The maximum Gasteiger partial charge on any atom is 0.307 e. The lowest BCUT2D eigenvalue weighted by Gasteiger charge is -2.21. The molecule has 1 N–H and O–H groups in total. The number of ether oxygens (including phenoxy) is 1. The SMILES string of the molecule is COC(=O)CC(NC(C)C1CC1)c1cccs1. The highest BCUT2D eigenvalue weighted by Crippen LogP contribution is 2.34. The van der Waals surface area contributed by atoms with Crippen molar-refractivity contribution in [2.24, 2.45) is 5.92 Å². The van der Waals surface area contributed by atoms with E-state index in [1.807, 2.05) is 11.4 Å². The highest BCUT2D eigenvalue weighted by Gasteiger charge is 2.30. The maximum atomic E-state index is 11.4. The van der Waals surface area contributed by atoms with Crippen LogP contribution < -0.4 is 5.32 Å². The van der Waals surface area contributed by atoms with Gasteiger partial charge in [-0.05, 0) is 37.1 Å². The second kappa shape index (κ2) is 5.65. The molecule has 4 heteroatoms. The van der Waals surface area contributed by atoms with Gasteiger partial charge in [-0.1, -0.05) is 6.07 Å². The first-order valence-corrected chi connectivity index (χ1v) is 6.95. The zero-order chi connectivity index (χ0) is 12.3. The van der Waals surface area contributed by atoms with Crippen LogP contribution >= 0.6 is 11.3 Å². The summed E-state index contributed by atoms with van der Waals surface area (Å²) in [7, 11) is 1.44. The third-order valence-electron chi connectivity index (χ3n) is 3.28. The van der Waals surface area contributed by atoms with Crippen LogP contribution in [-0.2, 0) is 9.53 Å². The number of hydrogen-bond acceptors (Lipinski definition) is 4. The molecule has 0 aromatic carbocycles. The minimum atomic E-state index is -0.154. The quantitative estimate of drug-likeness (QED) is 0.792. The molecular weight excluding hydrogens is 234 g/mol. The van der Waals surface area contributed by atoms with Crippen molar-refractivity contribution in [3.63, 3.8) is 0 Å². The normalized spacial score (nSPS) is 18.7. The van der Waals surface area contributed by atoms with E-state index in [0.717, 1.165) is 5.92 Å². The van der Waals surface area contributed by atoms with E-state index >= 15 is 0 Å². The lowest BCUT2D eigenvalue weighted by Crippen LogP contribution is -2.33. The molecule has 2 atom stereocenters. The summed E-state index contributed by atoms with van der Waals surface area (Å²) in [6, 6.07) is 4.67. The monoisotopic (exact) mass is 253 g/mol. The van der Waals surface area contributed by atoms with E-state index in [0.29, 0.717) is 12.5 Å². The van der Waals surface area contributed by atoms with Gasteiger partial charge in [0.25, 0.3) is 0 Å². The number of carbonyl (C=O) groups excluding carboxylic acids is 1. The Morgan fingerprint density at radius 3 is 2.94 bits per heavy atom. The van der Waals surface area contributed by atoms with Gasteiger partial charge in [0.15, 0.2) is 0 Å². The van der Waals surface area contributed by atoms with Crippen LogP contribution in [0.4, 0.5) is 0 Å². The van der Waals surface area contributed by atoms with Crippen LogP contribution in [-0.4, -0.2) is 19.1 Å². The standard InChI is InChI=1S/C13H19NO2S/c1-9(10-5-6-10)14-11(8-13(15)16-2)12-4-3-7-17-12/h3-4,7,9-11,14H,5-6,8H2,1-2H3. The van der Waals surface area contributed by atoms with Crippen LogP contribution in [0.1, 0.15) is 37.1 Å². The largest absolute Gasteiger partial charge is 0.469 e. The molecule has 1 aromatic heterocycles. The molecule has 1 aliphatic rings. The zero-order valence-corrected chi connectivity index (χ0v) is 11.1. The Kier molecular flexibility index (Phi) is 4.18. The summed E-state index contributed by atoms with van der Waals surface area (Å²) in [5.74, 6) is 0.633. The lowest BCUT2D eigenvalue weighted by molar-refractivity contribution is -0.141. The Morgan fingerprint density at radius 2 is 2.41 bits per heavy atom.